The number of aliphatic carboxylic acids is 1. The van der Waals surface area contributed by atoms with Gasteiger partial charge in [0.05, 0.1) is 5.41 Å². The van der Waals surface area contributed by atoms with Crippen molar-refractivity contribution in [3.63, 3.8) is 0 Å². The van der Waals surface area contributed by atoms with E-state index in [1.54, 1.807) is 11.4 Å². The summed E-state index contributed by atoms with van der Waals surface area (Å²) in [5, 5.41) is 11.2. The first kappa shape index (κ1) is 16.9. The largest absolute Gasteiger partial charge is 0.481 e. The first-order valence-electron chi connectivity index (χ1n) is 6.80. The van der Waals surface area contributed by atoms with E-state index in [2.05, 4.69) is 15.9 Å². The molecule has 0 bridgehead atoms. The van der Waals surface area contributed by atoms with Crippen molar-refractivity contribution >= 4 is 43.3 Å². The summed E-state index contributed by atoms with van der Waals surface area (Å²) in [5.74, 6) is -0.807. The van der Waals surface area contributed by atoms with Gasteiger partial charge in [-0.3, -0.25) is 4.79 Å². The Hall–Kier alpha value is -0.440. The Morgan fingerprint density at radius 2 is 2.10 bits per heavy atom. The summed E-state index contributed by atoms with van der Waals surface area (Å²) >= 11 is 4.42. The third-order valence-corrected chi connectivity index (χ3v) is 8.57. The molecule has 1 aliphatic rings. The fourth-order valence-electron chi connectivity index (χ4n) is 2.79. The average molecular weight is 396 g/mol. The van der Waals surface area contributed by atoms with Crippen molar-refractivity contribution in [1.29, 1.82) is 0 Å². The Morgan fingerprint density at radius 1 is 1.48 bits per heavy atom. The minimum atomic E-state index is -3.53. The number of carboxylic acid groups (broad SMARTS) is 1. The molecule has 0 aromatic carbocycles. The summed E-state index contributed by atoms with van der Waals surface area (Å²) in [4.78, 5) is 11.5. The molecule has 1 N–H and O–H groups in total. The fourth-order valence-corrected chi connectivity index (χ4v) is 6.68. The smallest absolute Gasteiger partial charge is 0.309 e. The van der Waals surface area contributed by atoms with Gasteiger partial charge >= 0.3 is 5.97 Å². The molecule has 0 amide bonds. The Labute approximate surface area is 137 Å². The van der Waals surface area contributed by atoms with E-state index in [1.807, 2.05) is 6.92 Å². The molecule has 0 unspecified atom stereocenters. The topological polar surface area (TPSA) is 74.7 Å². The fraction of sp³-hybridized carbons (Fsp3) is 0.615. The molecule has 0 radical (unpaired) electrons. The molecule has 1 saturated heterocycles. The van der Waals surface area contributed by atoms with Crippen LogP contribution in [0.2, 0.25) is 0 Å². The predicted octanol–water partition coefficient (Wildman–Crippen LogP) is 3.17. The van der Waals surface area contributed by atoms with Gasteiger partial charge < -0.3 is 5.11 Å². The first-order valence-corrected chi connectivity index (χ1v) is 9.91. The maximum atomic E-state index is 12.6. The van der Waals surface area contributed by atoms with Gasteiger partial charge in [-0.2, -0.15) is 4.31 Å². The van der Waals surface area contributed by atoms with Crippen LogP contribution in [0.25, 0.3) is 0 Å². The molecular weight excluding hydrogens is 378 g/mol. The highest BCUT2D eigenvalue weighted by Gasteiger charge is 2.43. The van der Waals surface area contributed by atoms with Crippen LogP contribution in [0.15, 0.2) is 20.1 Å². The molecule has 0 aliphatic carbocycles. The SMILES string of the molecule is CCCC1(C(=O)O)CCN(S(=O)(=O)c2sccc2Br)CC1. The van der Waals surface area contributed by atoms with Crippen molar-refractivity contribution in [2.45, 2.75) is 36.8 Å². The number of hydrogen-bond donors (Lipinski definition) is 1. The number of sulfonamides is 1. The Morgan fingerprint density at radius 3 is 2.52 bits per heavy atom. The molecule has 0 saturated carbocycles. The van der Waals surface area contributed by atoms with Gasteiger partial charge in [-0.1, -0.05) is 13.3 Å². The lowest BCUT2D eigenvalue weighted by molar-refractivity contribution is -0.152. The van der Waals surface area contributed by atoms with Crippen molar-refractivity contribution in [3.05, 3.63) is 15.9 Å². The molecule has 0 atom stereocenters. The minimum absolute atomic E-state index is 0.263. The molecule has 2 heterocycles. The quantitative estimate of drug-likeness (QED) is 0.830. The number of carboxylic acids is 1. The maximum Gasteiger partial charge on any atom is 0.309 e. The molecule has 2 rings (SSSR count). The molecule has 1 aliphatic heterocycles. The van der Waals surface area contributed by atoms with E-state index in [0.717, 1.165) is 6.42 Å². The van der Waals surface area contributed by atoms with Crippen LogP contribution in [0.1, 0.15) is 32.6 Å². The molecule has 0 spiro atoms. The van der Waals surface area contributed by atoms with E-state index in [-0.39, 0.29) is 13.1 Å². The Balaban J connectivity index is 2.17. The van der Waals surface area contributed by atoms with Crippen molar-refractivity contribution in [2.75, 3.05) is 13.1 Å². The zero-order chi connectivity index (χ0) is 15.7. The van der Waals surface area contributed by atoms with E-state index >= 15 is 0 Å². The van der Waals surface area contributed by atoms with Gasteiger partial charge in [0.25, 0.3) is 10.0 Å². The second kappa shape index (κ2) is 6.36. The lowest BCUT2D eigenvalue weighted by Crippen LogP contribution is -2.46. The van der Waals surface area contributed by atoms with Crippen LogP contribution in [0, 0.1) is 5.41 Å². The molecule has 118 valence electrons. The zero-order valence-electron chi connectivity index (χ0n) is 11.7. The van der Waals surface area contributed by atoms with Crippen molar-refractivity contribution in [2.24, 2.45) is 5.41 Å². The van der Waals surface area contributed by atoms with Gasteiger partial charge in [0.2, 0.25) is 0 Å². The van der Waals surface area contributed by atoms with E-state index in [1.165, 1.54) is 15.6 Å². The predicted molar refractivity (Wildman–Crippen MR) is 85.0 cm³/mol. The summed E-state index contributed by atoms with van der Waals surface area (Å²) in [6, 6.07) is 1.71. The number of rotatable bonds is 5. The van der Waals surface area contributed by atoms with Gasteiger partial charge in [0.15, 0.2) is 0 Å². The number of piperidine rings is 1. The number of halogens is 1. The molecule has 5 nitrogen and oxygen atoms in total. The number of thiophene rings is 1. The van der Waals surface area contributed by atoms with Gasteiger partial charge in [-0.05, 0) is 46.6 Å². The van der Waals surface area contributed by atoms with E-state index < -0.39 is 21.4 Å². The molecule has 8 heteroatoms. The molecule has 1 aromatic rings. The van der Waals surface area contributed by atoms with Crippen LogP contribution in [-0.2, 0) is 14.8 Å². The number of hydrogen-bond acceptors (Lipinski definition) is 4. The van der Waals surface area contributed by atoms with Crippen LogP contribution in [0.5, 0.6) is 0 Å². The molecule has 1 fully saturated rings. The standard InChI is InChI=1S/C13H18BrNO4S2/c1-2-4-13(12(16)17)5-7-15(8-6-13)21(18,19)11-10(14)3-9-20-11/h3,9H,2,4-8H2,1H3,(H,16,17). The normalized spacial score (nSPS) is 19.5. The number of carbonyl (C=O) groups is 1. The highest BCUT2D eigenvalue weighted by molar-refractivity contribution is 9.10. The van der Waals surface area contributed by atoms with E-state index in [0.29, 0.717) is 27.9 Å². The lowest BCUT2D eigenvalue weighted by atomic mass is 9.75. The Bertz CT molecular complexity index is 618. The van der Waals surface area contributed by atoms with E-state index in [4.69, 9.17) is 0 Å². The van der Waals surface area contributed by atoms with Crippen LogP contribution in [-0.4, -0.2) is 36.9 Å². The van der Waals surface area contributed by atoms with Crippen LogP contribution < -0.4 is 0 Å². The second-order valence-corrected chi connectivity index (χ2v) is 9.20. The van der Waals surface area contributed by atoms with Crippen molar-refractivity contribution < 1.29 is 18.3 Å². The van der Waals surface area contributed by atoms with Gasteiger partial charge in [0, 0.05) is 17.6 Å². The Kier molecular flexibility index (Phi) is 5.12. The van der Waals surface area contributed by atoms with Gasteiger partial charge in [0.1, 0.15) is 4.21 Å². The molecule has 21 heavy (non-hydrogen) atoms. The van der Waals surface area contributed by atoms with Gasteiger partial charge in [-0.15, -0.1) is 11.3 Å². The van der Waals surface area contributed by atoms with Crippen LogP contribution in [0.3, 0.4) is 0 Å². The highest BCUT2D eigenvalue weighted by Crippen LogP contribution is 2.39. The summed E-state index contributed by atoms with van der Waals surface area (Å²) < 4.78 is 27.4. The third kappa shape index (κ3) is 3.18. The van der Waals surface area contributed by atoms with Crippen LogP contribution >= 0.6 is 27.3 Å². The minimum Gasteiger partial charge on any atom is -0.481 e. The summed E-state index contributed by atoms with van der Waals surface area (Å²) in [7, 11) is -3.53. The average Bonchev–Trinajstić information content (AvgIpc) is 2.86. The first-order chi connectivity index (χ1) is 9.83. The number of nitrogens with zero attached hydrogens (tertiary/aromatic N) is 1. The summed E-state index contributed by atoms with van der Waals surface area (Å²) in [6.45, 7) is 2.48. The monoisotopic (exact) mass is 395 g/mol. The summed E-state index contributed by atoms with van der Waals surface area (Å²) in [6.07, 6.45) is 2.13. The summed E-state index contributed by atoms with van der Waals surface area (Å²) in [5.41, 5.74) is -0.770. The molecule has 1 aromatic heterocycles. The van der Waals surface area contributed by atoms with Crippen LogP contribution in [0.4, 0.5) is 0 Å². The second-order valence-electron chi connectivity index (χ2n) is 5.30. The van der Waals surface area contributed by atoms with Gasteiger partial charge in [-0.25, -0.2) is 8.42 Å². The third-order valence-electron chi connectivity index (χ3n) is 4.02. The maximum absolute atomic E-state index is 12.6. The highest BCUT2D eigenvalue weighted by atomic mass is 79.9. The molecular formula is C13H18BrNO4S2. The lowest BCUT2D eigenvalue weighted by Gasteiger charge is -2.38. The van der Waals surface area contributed by atoms with Crippen molar-refractivity contribution in [3.8, 4) is 0 Å². The zero-order valence-corrected chi connectivity index (χ0v) is 14.9. The van der Waals surface area contributed by atoms with E-state index in [9.17, 15) is 18.3 Å². The van der Waals surface area contributed by atoms with Crippen molar-refractivity contribution in [1.82, 2.24) is 4.31 Å².